The first-order chi connectivity index (χ1) is 14.2. The van der Waals surface area contributed by atoms with Crippen LogP contribution in [0.5, 0.6) is 0 Å². The Hall–Kier alpha value is -1.43. The van der Waals surface area contributed by atoms with Gasteiger partial charge in [-0.05, 0) is 75.6 Å². The van der Waals surface area contributed by atoms with Gasteiger partial charge >= 0.3 is 0 Å². The van der Waals surface area contributed by atoms with E-state index in [1.807, 2.05) is 11.8 Å². The van der Waals surface area contributed by atoms with Gasteiger partial charge in [-0.2, -0.15) is 0 Å². The topological polar surface area (TPSA) is 42.0 Å². The average molecular weight is 401 g/mol. The normalized spacial score (nSPS) is 23.4. The van der Waals surface area contributed by atoms with Gasteiger partial charge in [0.2, 0.25) is 5.91 Å². The maximum Gasteiger partial charge on any atom is 0.248 e. The SMILES string of the molecule is CCOCC(=O)N(CC1CCN(C2Cc3ccccc3C2)CC1)C[C@H]1CCCO1. The van der Waals surface area contributed by atoms with Gasteiger partial charge in [-0.25, -0.2) is 0 Å². The highest BCUT2D eigenvalue weighted by molar-refractivity contribution is 5.77. The van der Waals surface area contributed by atoms with Crippen molar-refractivity contribution in [3.05, 3.63) is 35.4 Å². The Morgan fingerprint density at radius 3 is 2.48 bits per heavy atom. The average Bonchev–Trinajstić information content (AvgIpc) is 3.41. The number of amides is 1. The van der Waals surface area contributed by atoms with Crippen molar-refractivity contribution in [2.45, 2.75) is 57.6 Å². The summed E-state index contributed by atoms with van der Waals surface area (Å²) in [6.07, 6.45) is 7.13. The number of hydrogen-bond acceptors (Lipinski definition) is 4. The fourth-order valence-corrected chi connectivity index (χ4v) is 5.20. The molecule has 0 bridgehead atoms. The van der Waals surface area contributed by atoms with E-state index in [-0.39, 0.29) is 18.6 Å². The van der Waals surface area contributed by atoms with Crippen LogP contribution in [0.1, 0.15) is 43.7 Å². The van der Waals surface area contributed by atoms with Crippen LogP contribution in [0.25, 0.3) is 0 Å². The van der Waals surface area contributed by atoms with E-state index in [2.05, 4.69) is 29.2 Å². The maximum atomic E-state index is 12.7. The third kappa shape index (κ3) is 5.39. The van der Waals surface area contributed by atoms with Gasteiger partial charge in [0.05, 0.1) is 6.10 Å². The Morgan fingerprint density at radius 2 is 1.86 bits per heavy atom. The molecule has 2 aliphatic heterocycles. The molecule has 0 N–H and O–H groups in total. The maximum absolute atomic E-state index is 12.7. The molecule has 0 spiro atoms. The van der Waals surface area contributed by atoms with Crippen molar-refractivity contribution in [2.75, 3.05) is 46.0 Å². The minimum atomic E-state index is 0.121. The molecule has 1 aromatic carbocycles. The number of carbonyl (C=O) groups excluding carboxylic acids is 1. The third-order valence-electron chi connectivity index (χ3n) is 6.90. The lowest BCUT2D eigenvalue weighted by Gasteiger charge is -2.38. The molecule has 29 heavy (non-hydrogen) atoms. The van der Waals surface area contributed by atoms with Gasteiger partial charge in [-0.1, -0.05) is 24.3 Å². The first-order valence-corrected chi connectivity index (χ1v) is 11.5. The lowest BCUT2D eigenvalue weighted by atomic mass is 9.94. The Balaban J connectivity index is 1.27. The van der Waals surface area contributed by atoms with E-state index in [1.165, 1.54) is 36.8 Å². The first kappa shape index (κ1) is 20.8. The molecule has 1 atom stereocenters. The molecule has 2 saturated heterocycles. The monoisotopic (exact) mass is 400 g/mol. The number of fused-ring (bicyclic) bond motifs is 1. The Labute approximate surface area is 175 Å². The molecule has 4 rings (SSSR count). The molecule has 160 valence electrons. The summed E-state index contributed by atoms with van der Waals surface area (Å²) in [6, 6.07) is 9.56. The molecule has 3 aliphatic rings. The molecule has 0 unspecified atom stereocenters. The van der Waals surface area contributed by atoms with Crippen LogP contribution >= 0.6 is 0 Å². The number of rotatable bonds is 8. The standard InChI is InChI=1S/C24H36N2O3/c1-2-28-18-24(27)26(17-23-8-5-13-29-23)16-19-9-11-25(12-10-19)22-14-20-6-3-4-7-21(20)15-22/h3-4,6-7,19,22-23H,2,5,8-18H2,1H3/t23-/m1/s1. The summed E-state index contributed by atoms with van der Waals surface area (Å²) in [6.45, 7) is 7.43. The van der Waals surface area contributed by atoms with Crippen molar-refractivity contribution >= 4 is 5.91 Å². The van der Waals surface area contributed by atoms with Crippen molar-refractivity contribution in [3.8, 4) is 0 Å². The van der Waals surface area contributed by atoms with E-state index in [1.54, 1.807) is 0 Å². The third-order valence-corrected chi connectivity index (χ3v) is 6.90. The predicted octanol–water partition coefficient (Wildman–Crippen LogP) is 2.91. The van der Waals surface area contributed by atoms with Crippen LogP contribution in [0.3, 0.4) is 0 Å². The molecule has 0 radical (unpaired) electrons. The minimum absolute atomic E-state index is 0.121. The number of piperidine rings is 1. The van der Waals surface area contributed by atoms with Gasteiger partial charge < -0.3 is 14.4 Å². The van der Waals surface area contributed by atoms with E-state index < -0.39 is 0 Å². The highest BCUT2D eigenvalue weighted by Crippen LogP contribution is 2.29. The fourth-order valence-electron chi connectivity index (χ4n) is 5.20. The number of hydrogen-bond donors (Lipinski definition) is 0. The number of likely N-dealkylation sites (tertiary alicyclic amines) is 1. The van der Waals surface area contributed by atoms with E-state index in [0.717, 1.165) is 45.6 Å². The highest BCUT2D eigenvalue weighted by atomic mass is 16.5. The number of benzene rings is 1. The molecule has 5 nitrogen and oxygen atoms in total. The summed E-state index contributed by atoms with van der Waals surface area (Å²) in [5, 5.41) is 0. The van der Waals surface area contributed by atoms with Crippen LogP contribution in [0, 0.1) is 5.92 Å². The van der Waals surface area contributed by atoms with Gasteiger partial charge in [0.25, 0.3) is 0 Å². The number of ether oxygens (including phenoxy) is 2. The Bertz CT molecular complexity index is 641. The highest BCUT2D eigenvalue weighted by Gasteiger charge is 2.31. The summed E-state index contributed by atoms with van der Waals surface area (Å²) in [4.78, 5) is 17.4. The lowest BCUT2D eigenvalue weighted by molar-refractivity contribution is -0.138. The molecule has 0 saturated carbocycles. The zero-order valence-corrected chi connectivity index (χ0v) is 17.9. The zero-order chi connectivity index (χ0) is 20.1. The van der Waals surface area contributed by atoms with Crippen LogP contribution < -0.4 is 0 Å². The summed E-state index contributed by atoms with van der Waals surface area (Å²) >= 11 is 0. The Morgan fingerprint density at radius 1 is 1.14 bits per heavy atom. The summed E-state index contributed by atoms with van der Waals surface area (Å²) in [5.41, 5.74) is 3.06. The fraction of sp³-hybridized carbons (Fsp3) is 0.708. The van der Waals surface area contributed by atoms with Crippen LogP contribution in [0.15, 0.2) is 24.3 Å². The van der Waals surface area contributed by atoms with Gasteiger partial charge in [0.15, 0.2) is 0 Å². The first-order valence-electron chi connectivity index (χ1n) is 11.5. The van der Waals surface area contributed by atoms with Crippen molar-refractivity contribution in [3.63, 3.8) is 0 Å². The molecule has 0 aromatic heterocycles. The molecule has 2 heterocycles. The second kappa shape index (κ2) is 10.1. The predicted molar refractivity (Wildman–Crippen MR) is 114 cm³/mol. The smallest absolute Gasteiger partial charge is 0.248 e. The zero-order valence-electron chi connectivity index (χ0n) is 17.9. The van der Waals surface area contributed by atoms with Gasteiger partial charge in [0.1, 0.15) is 6.61 Å². The largest absolute Gasteiger partial charge is 0.376 e. The minimum Gasteiger partial charge on any atom is -0.376 e. The Kier molecular flexibility index (Phi) is 7.22. The van der Waals surface area contributed by atoms with E-state index >= 15 is 0 Å². The molecule has 1 aliphatic carbocycles. The van der Waals surface area contributed by atoms with Crippen LogP contribution in [-0.4, -0.2) is 73.9 Å². The van der Waals surface area contributed by atoms with E-state index in [9.17, 15) is 4.79 Å². The van der Waals surface area contributed by atoms with Crippen LogP contribution in [0.4, 0.5) is 0 Å². The molecule has 5 heteroatoms. The van der Waals surface area contributed by atoms with Crippen LogP contribution in [-0.2, 0) is 27.1 Å². The summed E-state index contributed by atoms with van der Waals surface area (Å²) in [7, 11) is 0. The summed E-state index contributed by atoms with van der Waals surface area (Å²) in [5.74, 6) is 0.707. The summed E-state index contributed by atoms with van der Waals surface area (Å²) < 4.78 is 11.2. The van der Waals surface area contributed by atoms with Crippen LogP contribution in [0.2, 0.25) is 0 Å². The molecular weight excluding hydrogens is 364 g/mol. The van der Waals surface area contributed by atoms with E-state index in [4.69, 9.17) is 9.47 Å². The second-order valence-electron chi connectivity index (χ2n) is 8.88. The quantitative estimate of drug-likeness (QED) is 0.673. The van der Waals surface area contributed by atoms with Gasteiger partial charge in [-0.3, -0.25) is 9.69 Å². The van der Waals surface area contributed by atoms with Crippen molar-refractivity contribution < 1.29 is 14.3 Å². The van der Waals surface area contributed by atoms with Crippen molar-refractivity contribution in [1.82, 2.24) is 9.80 Å². The van der Waals surface area contributed by atoms with Crippen molar-refractivity contribution in [1.29, 1.82) is 0 Å². The van der Waals surface area contributed by atoms with Gasteiger partial charge in [0, 0.05) is 32.3 Å². The van der Waals surface area contributed by atoms with Gasteiger partial charge in [-0.15, -0.1) is 0 Å². The van der Waals surface area contributed by atoms with Crippen molar-refractivity contribution in [2.24, 2.45) is 5.92 Å². The van der Waals surface area contributed by atoms with E-state index in [0.29, 0.717) is 18.6 Å². The molecule has 2 fully saturated rings. The number of carbonyl (C=O) groups is 1. The molecule has 1 aromatic rings. The molecular formula is C24H36N2O3. The number of nitrogens with zero attached hydrogens (tertiary/aromatic N) is 2. The lowest BCUT2D eigenvalue weighted by Crippen LogP contribution is -2.47. The second-order valence-corrected chi connectivity index (χ2v) is 8.88. The molecule has 1 amide bonds.